The van der Waals surface area contributed by atoms with Crippen LogP contribution in [0, 0.1) is 0 Å². The number of nitrogens with zero attached hydrogens (tertiary/aromatic N) is 1. The van der Waals surface area contributed by atoms with E-state index in [2.05, 4.69) is 4.74 Å². The summed E-state index contributed by atoms with van der Waals surface area (Å²) in [7, 11) is -1.80. The number of hydrogen-bond donors (Lipinski definition) is 0. The summed E-state index contributed by atoms with van der Waals surface area (Å²) in [6, 6.07) is 9.87. The molecular formula is C20H17NO6S3. The zero-order chi connectivity index (χ0) is 21.5. The van der Waals surface area contributed by atoms with Crippen LogP contribution in [0.5, 0.6) is 0 Å². The Morgan fingerprint density at radius 2 is 2.00 bits per heavy atom. The van der Waals surface area contributed by atoms with E-state index >= 15 is 0 Å². The summed E-state index contributed by atoms with van der Waals surface area (Å²) in [6.45, 7) is 0. The molecule has 0 N–H and O–H groups in total. The number of carbonyl (C=O) groups is 2. The lowest BCUT2D eigenvalue weighted by atomic mass is 10.1. The highest BCUT2D eigenvalue weighted by molar-refractivity contribution is 8.26. The van der Waals surface area contributed by atoms with Gasteiger partial charge in [0.1, 0.15) is 15.8 Å². The lowest BCUT2D eigenvalue weighted by Crippen LogP contribution is -2.39. The summed E-state index contributed by atoms with van der Waals surface area (Å²) in [6.07, 6.45) is 2.00. The van der Waals surface area contributed by atoms with Crippen LogP contribution in [-0.4, -0.2) is 54.2 Å². The van der Waals surface area contributed by atoms with Crippen molar-refractivity contribution in [1.82, 2.24) is 4.90 Å². The van der Waals surface area contributed by atoms with Crippen molar-refractivity contribution in [1.29, 1.82) is 0 Å². The van der Waals surface area contributed by atoms with E-state index < -0.39 is 21.8 Å². The lowest BCUT2D eigenvalue weighted by molar-refractivity contribution is -0.123. The molecule has 30 heavy (non-hydrogen) atoms. The number of sulfone groups is 1. The largest absolute Gasteiger partial charge is 0.465 e. The van der Waals surface area contributed by atoms with Crippen LogP contribution in [0.4, 0.5) is 0 Å². The first-order chi connectivity index (χ1) is 14.3. The Morgan fingerprint density at radius 1 is 1.27 bits per heavy atom. The average molecular weight is 464 g/mol. The maximum Gasteiger partial charge on any atom is 0.337 e. The van der Waals surface area contributed by atoms with E-state index in [0.29, 0.717) is 32.7 Å². The summed E-state index contributed by atoms with van der Waals surface area (Å²) in [5, 5.41) is 0. The lowest BCUT2D eigenvalue weighted by Gasteiger charge is -2.20. The molecule has 1 aromatic heterocycles. The maximum atomic E-state index is 12.8. The van der Waals surface area contributed by atoms with Crippen LogP contribution >= 0.6 is 24.0 Å². The number of hydrogen-bond acceptors (Lipinski definition) is 8. The van der Waals surface area contributed by atoms with Gasteiger partial charge in [-0.05, 0) is 30.7 Å². The number of carbonyl (C=O) groups excluding carboxylic acids is 2. The normalized spacial score (nSPS) is 22.1. The minimum atomic E-state index is -3.12. The number of furan rings is 1. The first-order valence-corrected chi connectivity index (χ1v) is 12.1. The molecule has 2 aromatic rings. The molecule has 0 bridgehead atoms. The summed E-state index contributed by atoms with van der Waals surface area (Å²) in [5.41, 5.74) is 1.21. The van der Waals surface area contributed by atoms with Crippen LogP contribution in [0.25, 0.3) is 17.4 Å². The van der Waals surface area contributed by atoms with Crippen LogP contribution in [0.2, 0.25) is 0 Å². The van der Waals surface area contributed by atoms with Gasteiger partial charge < -0.3 is 9.15 Å². The number of benzene rings is 1. The fourth-order valence-electron chi connectivity index (χ4n) is 3.38. The molecule has 156 valence electrons. The van der Waals surface area contributed by atoms with Crippen molar-refractivity contribution in [3.8, 4) is 11.3 Å². The first-order valence-electron chi connectivity index (χ1n) is 9.03. The van der Waals surface area contributed by atoms with Gasteiger partial charge >= 0.3 is 5.97 Å². The summed E-state index contributed by atoms with van der Waals surface area (Å²) >= 11 is 6.45. The highest BCUT2D eigenvalue weighted by Crippen LogP contribution is 2.36. The van der Waals surface area contributed by atoms with E-state index in [0.717, 1.165) is 17.3 Å². The minimum absolute atomic E-state index is 0.0564. The van der Waals surface area contributed by atoms with Crippen LogP contribution in [0.1, 0.15) is 22.5 Å². The molecule has 2 aliphatic heterocycles. The van der Waals surface area contributed by atoms with Crippen LogP contribution in [0.15, 0.2) is 45.7 Å². The van der Waals surface area contributed by atoms with E-state index in [1.165, 1.54) is 12.0 Å². The molecular weight excluding hydrogens is 446 g/mol. The highest BCUT2D eigenvalue weighted by atomic mass is 32.2. The van der Waals surface area contributed by atoms with E-state index in [1.54, 1.807) is 42.5 Å². The standard InChI is InChI=1S/C20H17NO6S3/c1-26-19(23)13-4-2-12(3-5-13)16-7-6-15(27-16)10-17-18(22)21(20(28)29-17)14-8-9-30(24,25)11-14/h2-7,10,14H,8-9,11H2,1H3/b17-10+/t14-/m0/s1. The van der Waals surface area contributed by atoms with Gasteiger partial charge in [-0.3, -0.25) is 9.69 Å². The average Bonchev–Trinajstić information content (AvgIpc) is 3.40. The maximum absolute atomic E-state index is 12.8. The molecule has 0 radical (unpaired) electrons. The quantitative estimate of drug-likeness (QED) is 0.388. The Hall–Kier alpha value is -2.43. The Morgan fingerprint density at radius 3 is 2.63 bits per heavy atom. The predicted molar refractivity (Wildman–Crippen MR) is 118 cm³/mol. The summed E-state index contributed by atoms with van der Waals surface area (Å²) < 4.78 is 34.4. The molecule has 1 amide bonds. The second kappa shape index (κ2) is 8.01. The third-order valence-corrected chi connectivity index (χ3v) is 7.97. The van der Waals surface area contributed by atoms with Gasteiger partial charge in [-0.2, -0.15) is 0 Å². The van der Waals surface area contributed by atoms with E-state index in [4.69, 9.17) is 16.6 Å². The zero-order valence-corrected chi connectivity index (χ0v) is 18.3. The number of ether oxygens (including phenoxy) is 1. The highest BCUT2D eigenvalue weighted by Gasteiger charge is 2.42. The van der Waals surface area contributed by atoms with Crippen LogP contribution in [-0.2, 0) is 19.4 Å². The molecule has 2 fully saturated rings. The number of methoxy groups -OCH3 is 1. The Labute approximate surface area is 183 Å². The predicted octanol–water partition coefficient (Wildman–Crippen LogP) is 3.12. The molecule has 10 heteroatoms. The van der Waals surface area contributed by atoms with E-state index in [9.17, 15) is 18.0 Å². The molecule has 0 unspecified atom stereocenters. The number of thiocarbonyl (C=S) groups is 1. The molecule has 0 aliphatic carbocycles. The van der Waals surface area contributed by atoms with Crippen LogP contribution in [0.3, 0.4) is 0 Å². The Bertz CT molecular complexity index is 1160. The third kappa shape index (κ3) is 4.07. The number of thioether (sulfide) groups is 1. The second-order valence-corrected chi connectivity index (χ2v) is 10.8. The summed E-state index contributed by atoms with van der Waals surface area (Å²) in [4.78, 5) is 26.1. The van der Waals surface area contributed by atoms with Gasteiger partial charge in [-0.1, -0.05) is 36.1 Å². The fraction of sp³-hybridized carbons (Fsp3) is 0.250. The van der Waals surface area contributed by atoms with E-state index in [1.807, 2.05) is 0 Å². The molecule has 0 spiro atoms. The molecule has 3 heterocycles. The summed E-state index contributed by atoms with van der Waals surface area (Å²) in [5.74, 6) is 0.353. The minimum Gasteiger partial charge on any atom is -0.465 e. The van der Waals surface area contributed by atoms with E-state index in [-0.39, 0.29) is 17.4 Å². The fourth-order valence-corrected chi connectivity index (χ4v) is 6.46. The van der Waals surface area contributed by atoms with Gasteiger partial charge in [0.2, 0.25) is 0 Å². The number of esters is 1. The van der Waals surface area contributed by atoms with Crippen molar-refractivity contribution < 1.29 is 27.2 Å². The Balaban J connectivity index is 1.52. The van der Waals surface area contributed by atoms with Gasteiger partial charge in [0, 0.05) is 11.6 Å². The van der Waals surface area contributed by atoms with Crippen molar-refractivity contribution in [2.45, 2.75) is 12.5 Å². The molecule has 7 nitrogen and oxygen atoms in total. The van der Waals surface area contributed by atoms with Gasteiger partial charge in [0.25, 0.3) is 5.91 Å². The van der Waals surface area contributed by atoms with Crippen molar-refractivity contribution >= 4 is 56.1 Å². The van der Waals surface area contributed by atoms with Crippen molar-refractivity contribution in [2.75, 3.05) is 18.6 Å². The number of rotatable bonds is 4. The molecule has 4 rings (SSSR count). The second-order valence-electron chi connectivity index (χ2n) is 6.88. The van der Waals surface area contributed by atoms with Gasteiger partial charge in [-0.15, -0.1) is 0 Å². The van der Waals surface area contributed by atoms with Crippen molar-refractivity contribution in [2.24, 2.45) is 0 Å². The Kier molecular flexibility index (Phi) is 5.56. The topological polar surface area (TPSA) is 93.9 Å². The number of amides is 1. The first kappa shape index (κ1) is 20.8. The van der Waals surface area contributed by atoms with Crippen LogP contribution < -0.4 is 0 Å². The SMILES string of the molecule is COC(=O)c1ccc(-c2ccc(/C=C3/SC(=S)N([C@H]4CCS(=O)(=O)C4)C3=O)o2)cc1. The molecule has 2 saturated heterocycles. The smallest absolute Gasteiger partial charge is 0.337 e. The van der Waals surface area contributed by atoms with Crippen molar-refractivity contribution in [3.63, 3.8) is 0 Å². The molecule has 0 saturated carbocycles. The molecule has 1 aromatic carbocycles. The third-order valence-electron chi connectivity index (χ3n) is 4.89. The van der Waals surface area contributed by atoms with Gasteiger partial charge in [-0.25, -0.2) is 13.2 Å². The molecule has 2 aliphatic rings. The van der Waals surface area contributed by atoms with Gasteiger partial charge in [0.15, 0.2) is 9.84 Å². The monoisotopic (exact) mass is 463 g/mol. The zero-order valence-electron chi connectivity index (χ0n) is 15.9. The molecule has 1 atom stereocenters. The van der Waals surface area contributed by atoms with Gasteiger partial charge in [0.05, 0.1) is 35.1 Å². The van der Waals surface area contributed by atoms with Crippen molar-refractivity contribution in [3.05, 3.63) is 52.6 Å².